The summed E-state index contributed by atoms with van der Waals surface area (Å²) >= 11 is 11.9. The predicted molar refractivity (Wildman–Crippen MR) is 360 cm³/mol. The molecular weight excluding hydrogens is 1260 g/mol. The molecule has 0 aromatic carbocycles. The van der Waals surface area contributed by atoms with E-state index in [4.69, 9.17) is 33.2 Å². The summed E-state index contributed by atoms with van der Waals surface area (Å²) in [5.74, 6) is 3.89. The second kappa shape index (κ2) is 46.0. The maximum atomic E-state index is 13.1. The molecule has 0 aliphatic carbocycles. The fourth-order valence-corrected chi connectivity index (χ4v) is 7.78. The van der Waals surface area contributed by atoms with Crippen molar-refractivity contribution in [1.29, 1.82) is 5.26 Å². The van der Waals surface area contributed by atoms with Gasteiger partial charge in [-0.05, 0) is 110 Å². The van der Waals surface area contributed by atoms with Crippen LogP contribution in [0.2, 0.25) is 10.0 Å². The van der Waals surface area contributed by atoms with Gasteiger partial charge in [-0.3, -0.25) is 44.9 Å². The van der Waals surface area contributed by atoms with E-state index in [1.807, 2.05) is 99.8 Å². The van der Waals surface area contributed by atoms with E-state index in [0.29, 0.717) is 64.3 Å². The largest absolute Gasteiger partial charge is 0.477 e. The Kier molecular flexibility index (Phi) is 41.0. The number of pyridine rings is 5. The normalized spacial score (nSPS) is 10.5. The summed E-state index contributed by atoms with van der Waals surface area (Å²) in [5.41, 5.74) is 9.30. The maximum Gasteiger partial charge on any atom is 0.281 e. The minimum Gasteiger partial charge on any atom is -0.477 e. The van der Waals surface area contributed by atoms with Gasteiger partial charge in [0.25, 0.3) is 6.43 Å². The molecule has 0 amide bonds. The fourth-order valence-electron chi connectivity index (χ4n) is 6.96. The number of nitriles is 1. The first-order valence-corrected chi connectivity index (χ1v) is 31.3. The van der Waals surface area contributed by atoms with E-state index >= 15 is 0 Å². The van der Waals surface area contributed by atoms with Crippen LogP contribution < -0.4 is 18.9 Å². The van der Waals surface area contributed by atoms with Crippen molar-refractivity contribution in [3.05, 3.63) is 194 Å². The van der Waals surface area contributed by atoms with Gasteiger partial charge in [0.2, 0.25) is 32.3 Å². The summed E-state index contributed by atoms with van der Waals surface area (Å²) in [6.07, 6.45) is 14.6. The zero-order valence-corrected chi connectivity index (χ0v) is 59.0. The zero-order valence-electron chi connectivity index (χ0n) is 57.4. The number of halogens is 8. The minimum atomic E-state index is -2.53. The molecule has 0 atom stereocenters. The lowest BCUT2D eigenvalue weighted by Gasteiger charge is -2.08. The Bertz CT molecular complexity index is 3210. The molecule has 0 aliphatic rings. The van der Waals surface area contributed by atoms with Crippen LogP contribution in [-0.4, -0.2) is 82.0 Å². The first-order valence-electron chi connectivity index (χ1n) is 30.6. The van der Waals surface area contributed by atoms with Crippen LogP contribution >= 0.6 is 23.2 Å². The maximum absolute atomic E-state index is 13.1. The van der Waals surface area contributed by atoms with Crippen molar-refractivity contribution in [3.63, 3.8) is 0 Å². The third kappa shape index (κ3) is 33.6. The van der Waals surface area contributed by atoms with E-state index in [2.05, 4.69) is 143 Å². The van der Waals surface area contributed by atoms with Crippen LogP contribution in [0.3, 0.4) is 0 Å². The Morgan fingerprint density at radius 3 is 1.13 bits per heavy atom. The highest BCUT2D eigenvalue weighted by molar-refractivity contribution is 6.31. The highest BCUT2D eigenvalue weighted by Crippen LogP contribution is 2.26. The molecule has 16 nitrogen and oxygen atoms in total. The summed E-state index contributed by atoms with van der Waals surface area (Å²) in [7, 11) is 0. The molecule has 0 unspecified atom stereocenters. The third-order valence-electron chi connectivity index (χ3n) is 12.3. The molecule has 8 rings (SSSR count). The first kappa shape index (κ1) is 83.9. The molecule has 0 N–H and O–H groups in total. The molecule has 0 radical (unpaired) electrons. The predicted octanol–water partition coefficient (Wildman–Crippen LogP) is 20.0. The quantitative estimate of drug-likeness (QED) is 0.0778. The van der Waals surface area contributed by atoms with E-state index in [0.717, 1.165) is 50.9 Å². The Labute approximate surface area is 562 Å². The average molecular weight is 1350 g/mol. The molecule has 0 aliphatic heterocycles. The summed E-state index contributed by atoms with van der Waals surface area (Å²) in [6.45, 7) is 36.4. The monoisotopic (exact) mass is 1350 g/mol. The number of hydrogen-bond donors (Lipinski definition) is 0. The van der Waals surface area contributed by atoms with Crippen LogP contribution in [0, 0.1) is 31.0 Å². The van der Waals surface area contributed by atoms with Crippen molar-refractivity contribution in [1.82, 2.24) is 54.8 Å². The summed E-state index contributed by atoms with van der Waals surface area (Å²) in [6, 6.07) is 14.3. The van der Waals surface area contributed by atoms with Crippen LogP contribution in [0.25, 0.3) is 0 Å². The lowest BCUT2D eigenvalue weighted by Crippen LogP contribution is -1.98. The van der Waals surface area contributed by atoms with Crippen molar-refractivity contribution in [2.45, 2.75) is 185 Å². The number of alkyl halides is 5. The van der Waals surface area contributed by atoms with Crippen LogP contribution in [-0.2, 0) is 0 Å². The van der Waals surface area contributed by atoms with Gasteiger partial charge >= 0.3 is 0 Å². The zero-order chi connectivity index (χ0) is 71.0. The molecular formula is C70H92Cl2F6N12O4. The molecule has 8 heterocycles. The van der Waals surface area contributed by atoms with Gasteiger partial charge < -0.3 is 18.9 Å². The summed E-state index contributed by atoms with van der Waals surface area (Å²) < 4.78 is 91.1. The van der Waals surface area contributed by atoms with Gasteiger partial charge in [-0.2, -0.15) is 5.26 Å². The van der Waals surface area contributed by atoms with Crippen molar-refractivity contribution < 1.29 is 45.3 Å². The van der Waals surface area contributed by atoms with E-state index in [1.54, 1.807) is 30.7 Å². The fraction of sp³-hybridized carbons (Fsp3) is 0.457. The van der Waals surface area contributed by atoms with E-state index in [-0.39, 0.29) is 34.9 Å². The highest BCUT2D eigenvalue weighted by atomic mass is 35.5. The Morgan fingerprint density at radius 1 is 0.394 bits per heavy atom. The topological polar surface area (TPSA) is 202 Å². The lowest BCUT2D eigenvalue weighted by atomic mass is 10.1. The molecule has 0 saturated carbocycles. The van der Waals surface area contributed by atoms with Crippen molar-refractivity contribution >= 4 is 23.2 Å². The number of aromatic nitrogens is 11. The molecule has 0 fully saturated rings. The SMILES string of the molecule is CC(C)c1ccc(OCF)cn1.CC(C)c1cnc(C(F)F)cn1.CC(C)c1cnc(OCF)cn1.CC(C)c1ncc(C#N)cc1F.CC(C)c1ncc(OCF)cc1Cl.CCOc1cnc(C(C)C)cn1.Cc1ccc(C(C)C)nc1.Cc1cnc(C(C)C)c(Cl)c1. The van der Waals surface area contributed by atoms with Crippen LogP contribution in [0.4, 0.5) is 26.3 Å². The molecule has 0 bridgehead atoms. The second-order valence-electron chi connectivity index (χ2n) is 23.0. The lowest BCUT2D eigenvalue weighted by molar-refractivity contribution is 0.145. The highest BCUT2D eigenvalue weighted by Gasteiger charge is 2.12. The molecule has 94 heavy (non-hydrogen) atoms. The molecule has 8 aromatic heterocycles. The number of nitrogens with zero attached hydrogens (tertiary/aromatic N) is 12. The van der Waals surface area contributed by atoms with Gasteiger partial charge in [0.05, 0.1) is 99.8 Å². The van der Waals surface area contributed by atoms with Crippen molar-refractivity contribution in [2.75, 3.05) is 27.2 Å². The average Bonchev–Trinajstić information content (AvgIpc) is 1.83. The first-order chi connectivity index (χ1) is 44.4. The molecule has 24 heteroatoms. The molecule has 8 aromatic rings. The Morgan fingerprint density at radius 2 is 0.777 bits per heavy atom. The number of hydrogen-bond acceptors (Lipinski definition) is 16. The van der Waals surface area contributed by atoms with Crippen molar-refractivity contribution in [2.24, 2.45) is 0 Å². The second-order valence-corrected chi connectivity index (χ2v) is 23.8. The van der Waals surface area contributed by atoms with E-state index in [1.165, 1.54) is 48.3 Å². The number of rotatable bonds is 17. The minimum absolute atomic E-state index is 0.0535. The van der Waals surface area contributed by atoms with E-state index < -0.39 is 32.8 Å². The van der Waals surface area contributed by atoms with Gasteiger partial charge in [0.1, 0.15) is 29.1 Å². The molecule has 512 valence electrons. The van der Waals surface area contributed by atoms with Crippen LogP contribution in [0.1, 0.15) is 239 Å². The van der Waals surface area contributed by atoms with Gasteiger partial charge in [-0.1, -0.05) is 140 Å². The Hall–Kier alpha value is -8.16. The van der Waals surface area contributed by atoms with Gasteiger partial charge in [-0.25, -0.2) is 36.3 Å². The smallest absolute Gasteiger partial charge is 0.281 e. The third-order valence-corrected chi connectivity index (χ3v) is 12.9. The Balaban J connectivity index is 0.000000538. The molecule has 0 spiro atoms. The van der Waals surface area contributed by atoms with Gasteiger partial charge in [-0.15, -0.1) is 0 Å². The van der Waals surface area contributed by atoms with Crippen molar-refractivity contribution in [3.8, 4) is 29.3 Å². The molecule has 0 saturated heterocycles. The number of aryl methyl sites for hydroxylation is 2. The van der Waals surface area contributed by atoms with Crippen LogP contribution in [0.15, 0.2) is 111 Å². The van der Waals surface area contributed by atoms with Crippen LogP contribution in [0.5, 0.6) is 23.3 Å². The van der Waals surface area contributed by atoms with E-state index in [9.17, 15) is 26.3 Å². The number of ether oxygens (including phenoxy) is 4. The standard InChI is InChI=1S/C9H11ClFNO.C9H12ClN.C9H9FN2.C9H12FNO.C9H14N2O.C9H13N.C8H10F2N2.C8H11FN2O/c1-6(2)9-8(10)3-7(4-12-9)13-5-11;1-6(2)9-8(10)4-7(3)5-11-9;1-6(2)9-8(10)3-7(4-11)5-12-9;1-7(2)9-4-3-8(5-11-9)12-6-10;1-4-12-9-6-10-8(5-11-9)7(2)3;1-7(2)9-5-4-8(3)6-10-9;1-5(2)6-3-12-7(4-11-6)8(9)10;1-6(2)7-3-11-8(4-10-7)12-5-9/h3-4,6H,5H2,1-2H3;4-6H,1-3H3;3,5-6H,1-2H3;3-5,7H,6H2,1-2H3;5-7H,4H2,1-3H3;4-7H,1-3H3;3-5,8H,1-2H3;3-4,6H,5H2,1-2H3. The van der Waals surface area contributed by atoms with Gasteiger partial charge in [0.15, 0.2) is 0 Å². The summed E-state index contributed by atoms with van der Waals surface area (Å²) in [4.78, 5) is 44.2. The van der Waals surface area contributed by atoms with Gasteiger partial charge in [0, 0.05) is 42.2 Å². The summed E-state index contributed by atoms with van der Waals surface area (Å²) in [5, 5.41) is 9.73.